The van der Waals surface area contributed by atoms with Crippen LogP contribution in [0.15, 0.2) is 474 Å². The Balaban J connectivity index is 0.000000136. The number of hydrogen-bond acceptors (Lipinski definition) is 10. The van der Waals surface area contributed by atoms with Crippen molar-refractivity contribution in [2.45, 2.75) is 13.8 Å². The van der Waals surface area contributed by atoms with Gasteiger partial charge in [-0.05, 0) is 204 Å². The summed E-state index contributed by atoms with van der Waals surface area (Å²) >= 11 is 5.99. The quantitative estimate of drug-likeness (QED) is 0.0280. The van der Waals surface area contributed by atoms with Crippen molar-refractivity contribution in [3.05, 3.63) is 513 Å². The number of rotatable bonds is 18. The van der Waals surface area contributed by atoms with Gasteiger partial charge in [0.05, 0.1) is 54.5 Å². The van der Waals surface area contributed by atoms with Crippen molar-refractivity contribution in [1.29, 1.82) is 0 Å². The van der Waals surface area contributed by atoms with Crippen LogP contribution in [0.2, 0.25) is 5.15 Å². The van der Waals surface area contributed by atoms with Gasteiger partial charge in [0.2, 0.25) is 0 Å². The Morgan fingerprint density at radius 1 is 0.328 bits per heavy atom. The van der Waals surface area contributed by atoms with E-state index in [0.29, 0.717) is 49.6 Å². The van der Waals surface area contributed by atoms with Crippen molar-refractivity contribution >= 4 is 172 Å². The van der Waals surface area contributed by atoms with Crippen LogP contribution in [-0.2, 0) is 25.4 Å². The second-order valence-corrected chi connectivity index (χ2v) is 41.8. The molecule has 16 aromatic carbocycles. The van der Waals surface area contributed by atoms with Crippen LogP contribution < -0.4 is 69.1 Å². The molecule has 0 bridgehead atoms. The minimum Gasteiger partial charge on any atom is -0.0622 e. The first-order valence-corrected chi connectivity index (χ1v) is 53.1. The third-order valence-electron chi connectivity index (χ3n) is 21.2. The largest absolute Gasteiger partial charge is 0.0622 e. The average Bonchev–Trinajstić information content (AvgIpc) is 1.72. The zero-order chi connectivity index (χ0) is 95.9. The number of H-pyrrole nitrogens is 2. The molecule has 0 amide bonds. The maximum absolute atomic E-state index is 13.7. The average molecular weight is 2030 g/mol. The van der Waals surface area contributed by atoms with Gasteiger partial charge in [-0.3, -0.25) is 15.2 Å². The molecule has 0 unspecified atom stereocenters. The number of halogens is 5. The fourth-order valence-electron chi connectivity index (χ4n) is 14.8. The molecule has 12 nitrogen and oxygen atoms in total. The molecule has 0 aliphatic rings. The molecule has 20 aromatic rings. The number of nitrogens with zero attached hydrogens (tertiary/aromatic N) is 4. The molecule has 137 heavy (non-hydrogen) atoms. The number of carbonyl (C=O) groups is 2. The number of esters is 2. The summed E-state index contributed by atoms with van der Waals surface area (Å²) in [6, 6.07) is 153. The van der Waals surface area contributed by atoms with Gasteiger partial charge in [0.15, 0.2) is 0 Å². The molecule has 4 N–H and O–H groups in total. The Labute approximate surface area is 824 Å². The zero-order valence-electron chi connectivity index (χ0n) is 74.9. The summed E-state index contributed by atoms with van der Waals surface area (Å²) in [4.78, 5) is 32.6. The van der Waals surface area contributed by atoms with E-state index in [0.717, 1.165) is 38.6 Å². The van der Waals surface area contributed by atoms with E-state index in [1.54, 1.807) is 69.0 Å². The molecular formula is C114H94BCl3F2N6O6P4Pd. The number of benzene rings is 16. The van der Waals surface area contributed by atoms with Crippen LogP contribution in [0.1, 0.15) is 31.8 Å². The number of aryl methyl sites for hydroxylation is 2. The number of methoxy groups -OCH3 is 2. The molecule has 0 spiro atoms. The van der Waals surface area contributed by atoms with Gasteiger partial charge in [0, 0.05) is 39.9 Å². The Morgan fingerprint density at radius 3 is 0.839 bits per heavy atom. The predicted molar refractivity (Wildman–Crippen MR) is 570 cm³/mol. The number of pyridine rings is 2. The van der Waals surface area contributed by atoms with Crippen LogP contribution in [0.5, 0.6) is 0 Å². The molecular weight excluding hydrogens is 1930 g/mol. The topological polar surface area (TPSA) is 176 Å². The zero-order valence-corrected chi connectivity index (χ0v) is 82.3. The van der Waals surface area contributed by atoms with Gasteiger partial charge in [0.1, 0.15) is 16.8 Å². The molecule has 0 saturated heterocycles. The summed E-state index contributed by atoms with van der Waals surface area (Å²) in [5, 5.41) is 49.7. The van der Waals surface area contributed by atoms with Crippen LogP contribution in [0.4, 0.5) is 8.78 Å². The van der Waals surface area contributed by atoms with E-state index >= 15 is 0 Å². The molecule has 0 atom stereocenters. The molecule has 0 aliphatic carbocycles. The summed E-state index contributed by atoms with van der Waals surface area (Å²) in [6.07, 6.45) is 6.61. The molecule has 0 radical (unpaired) electrons. The molecule has 4 aromatic heterocycles. The van der Waals surface area contributed by atoms with Crippen molar-refractivity contribution in [3.8, 4) is 33.5 Å². The van der Waals surface area contributed by atoms with E-state index in [-0.39, 0.29) is 27.6 Å². The molecule has 684 valence electrons. The molecule has 0 aliphatic heterocycles. The summed E-state index contributed by atoms with van der Waals surface area (Å²) in [5.41, 5.74) is 8.02. The van der Waals surface area contributed by atoms with Gasteiger partial charge in [-0.2, -0.15) is 10.2 Å². The van der Waals surface area contributed by atoms with Gasteiger partial charge >= 0.3 is 54.1 Å². The Hall–Kier alpha value is -13.2. The van der Waals surface area contributed by atoms with Crippen molar-refractivity contribution in [1.82, 2.24) is 30.4 Å². The van der Waals surface area contributed by atoms with Crippen molar-refractivity contribution < 1.29 is 53.8 Å². The fraction of sp³-hybridized carbons (Fsp3) is 0.0351. The predicted octanol–water partition coefficient (Wildman–Crippen LogP) is 22.6. The van der Waals surface area contributed by atoms with Crippen LogP contribution in [0, 0.1) is 25.5 Å². The molecule has 0 saturated carbocycles. The number of nitrogens with one attached hydrogen (secondary N) is 2. The molecule has 0 fully saturated rings. The van der Waals surface area contributed by atoms with Crippen molar-refractivity contribution in [2.24, 2.45) is 0 Å². The smallest absolute Gasteiger partial charge is 0.0134 e. The summed E-state index contributed by atoms with van der Waals surface area (Å²) in [5.74, 6) is -1.48. The molecule has 20 rings (SSSR count). The fourth-order valence-corrected chi connectivity index (χ4v) is 24.2. The summed E-state index contributed by atoms with van der Waals surface area (Å²) in [7, 11) is 9.01. The Morgan fingerprint density at radius 2 is 0.584 bits per heavy atom. The van der Waals surface area contributed by atoms with E-state index in [1.165, 1.54) is 102 Å². The van der Waals surface area contributed by atoms with Gasteiger partial charge in [0.25, 0.3) is 0 Å². The molecule has 4 heterocycles. The van der Waals surface area contributed by atoms with E-state index in [9.17, 15) is 18.4 Å². The number of aromatic amines is 2. The standard InChI is InChI=1S/C21H16FN3O2.4C18H15P.C14H10ClN3O2.C7H8BFO2.2ClH.Pd/c1-12-8-13(5-6-18(12)22)19-16(4-3-7-23-19)14-9-15-11-24-25-20(15)17(10-14)21(26)27-2;4*1-4-10-16(11-5-1)19(17-12-6-2-7-13-17)18-14-8-3-9-15-18;1-20-14(19)11-6-8(5-9-7-17-18-12(9)11)10-3-2-4-16-13(10)15;1-5-4-6(8(10)11)2-3-7(5)9;;;/h3-11H,1-2H3,(H,24,25);4*1-15H;2-7H,1H3,(H,17,18);2-4,10-11H,1H3;2*1H;/q;;;;;;;;;+2/p-2. The number of hydrogen-bond donors (Lipinski definition) is 4. The second-order valence-electron chi connectivity index (χ2n) is 30.2. The third-order valence-corrected chi connectivity index (χ3v) is 31.3. The van der Waals surface area contributed by atoms with E-state index in [2.05, 4.69) is 394 Å². The van der Waals surface area contributed by atoms with Crippen LogP contribution in [0.25, 0.3) is 55.3 Å². The maximum atomic E-state index is 13.7. The van der Waals surface area contributed by atoms with Gasteiger partial charge in [-0.15, -0.1) is 0 Å². The normalized spacial score (nSPS) is 10.5. The number of aromatic nitrogens is 6. The van der Waals surface area contributed by atoms with Gasteiger partial charge < -0.3 is 19.5 Å². The number of fused-ring (bicyclic) bond motifs is 2. The first-order chi connectivity index (χ1) is 67.1. The second kappa shape index (κ2) is 53.3. The minimum atomic E-state index is -1.52. The SMILES string of the molecule is COC(=O)c1cc(-c2cccnc2-c2ccc(F)c(C)c2)cc2cn[nH]c12.COC(=O)c1cc(-c2cccnc2Cl)cc2cn[nH]c12.Cc1cc(B(O)O)ccc1F.[Cl][Pd][Cl].c1ccc(P(c2ccccc2)c2ccccc2)cc1.c1ccc(P(c2ccccc2)c2ccccc2)cc1.c1ccc(P(c2ccccc2)c2ccccc2)cc1.c1ccc(P(c2ccccc2)c2ccccc2)cc1. The number of carbonyl (C=O) groups excluding carboxylic acids is 2. The minimum absolute atomic E-state index is 0.106. The van der Waals surface area contributed by atoms with E-state index in [4.69, 9.17) is 50.2 Å². The third kappa shape index (κ3) is 28.5. The monoisotopic (exact) mass is 2030 g/mol. The summed E-state index contributed by atoms with van der Waals surface area (Å²) < 4.78 is 36.0. The first-order valence-electron chi connectivity index (χ1n) is 43.3. The summed E-state index contributed by atoms with van der Waals surface area (Å²) in [6.45, 7) is 3.29. The van der Waals surface area contributed by atoms with Gasteiger partial charge in [-0.25, -0.2) is 23.4 Å². The first kappa shape index (κ1) is 101. The van der Waals surface area contributed by atoms with Crippen LogP contribution >= 0.6 is 62.3 Å². The van der Waals surface area contributed by atoms with Crippen molar-refractivity contribution in [3.63, 3.8) is 0 Å². The Kier molecular flexibility index (Phi) is 39.4. The van der Waals surface area contributed by atoms with Gasteiger partial charge in [-0.1, -0.05) is 394 Å². The van der Waals surface area contributed by atoms with E-state index < -0.39 is 50.7 Å². The Bertz CT molecular complexity index is 6250. The maximum Gasteiger partial charge on any atom is -0.0134 e. The molecule has 23 heteroatoms. The van der Waals surface area contributed by atoms with Crippen molar-refractivity contribution in [2.75, 3.05) is 14.2 Å². The van der Waals surface area contributed by atoms with Crippen LogP contribution in [0.3, 0.4) is 0 Å². The van der Waals surface area contributed by atoms with Crippen LogP contribution in [-0.4, -0.2) is 73.7 Å². The number of ether oxygens (including phenoxy) is 2. The van der Waals surface area contributed by atoms with E-state index in [1.807, 2.05) is 30.3 Å².